The Balaban J connectivity index is 1.51. The van der Waals surface area contributed by atoms with Crippen LogP contribution in [-0.2, 0) is 26.0 Å². The van der Waals surface area contributed by atoms with Crippen molar-refractivity contribution in [1.29, 1.82) is 0 Å². The van der Waals surface area contributed by atoms with Crippen LogP contribution in [0.4, 0.5) is 0 Å². The third-order valence-corrected chi connectivity index (χ3v) is 6.81. The molecule has 2 aromatic carbocycles. The van der Waals surface area contributed by atoms with E-state index in [0.29, 0.717) is 50.6 Å². The molecule has 0 saturated carbocycles. The number of benzene rings is 2. The molecule has 0 atom stereocenters. The number of sulfonamides is 1. The fourth-order valence-electron chi connectivity index (χ4n) is 3.17. The minimum absolute atomic E-state index is 0.0422. The first-order valence-corrected chi connectivity index (χ1v) is 11.8. The molecular weight excluding hydrogens is 434 g/mol. The zero-order valence-electron chi connectivity index (χ0n) is 17.9. The topological polar surface area (TPSA) is 118 Å². The van der Waals surface area contributed by atoms with Crippen LogP contribution in [0.5, 0.6) is 11.5 Å². The number of aryl methyl sites for hydroxylation is 1. The molecule has 2 aromatic rings. The number of ether oxygens (including phenoxy) is 2. The van der Waals surface area contributed by atoms with Crippen LogP contribution in [0, 0.1) is 0 Å². The van der Waals surface area contributed by atoms with Crippen LogP contribution in [-0.4, -0.2) is 62.9 Å². The number of hydrogen-bond acceptors (Lipinski definition) is 7. The fraction of sp³-hybridized carbons (Fsp3) is 0.364. The van der Waals surface area contributed by atoms with Crippen LogP contribution >= 0.6 is 0 Å². The Labute approximate surface area is 187 Å². The molecule has 1 fully saturated rings. The highest BCUT2D eigenvalue weighted by molar-refractivity contribution is 7.89. The molecule has 10 heteroatoms. The first-order chi connectivity index (χ1) is 15.4. The standard InChI is InChI=1S/C22H27N3O6S/c1-2-31-20-5-3-4-18(22(20)27)16-23-24-21(26)11-8-17-6-9-19(10-7-17)32(28,29)25-12-14-30-15-13-25/h3-7,9-10,16,27H,2,8,11-15H2,1H3,(H,24,26)/b23-16+. The number of phenols is 1. The summed E-state index contributed by atoms with van der Waals surface area (Å²) in [7, 11) is -3.53. The van der Waals surface area contributed by atoms with Gasteiger partial charge in [-0.05, 0) is 43.2 Å². The Bertz CT molecular complexity index is 1050. The molecule has 0 bridgehead atoms. The Kier molecular flexibility index (Phi) is 8.20. The van der Waals surface area contributed by atoms with Crippen LogP contribution in [0.15, 0.2) is 52.5 Å². The summed E-state index contributed by atoms with van der Waals surface area (Å²) in [5.74, 6) is 0.00745. The number of amides is 1. The van der Waals surface area contributed by atoms with Crippen LogP contribution < -0.4 is 10.2 Å². The summed E-state index contributed by atoms with van der Waals surface area (Å²) in [5, 5.41) is 14.0. The van der Waals surface area contributed by atoms with E-state index in [9.17, 15) is 18.3 Å². The van der Waals surface area contributed by atoms with Gasteiger partial charge in [0, 0.05) is 25.1 Å². The lowest BCUT2D eigenvalue weighted by molar-refractivity contribution is -0.121. The van der Waals surface area contributed by atoms with Gasteiger partial charge in [-0.1, -0.05) is 18.2 Å². The van der Waals surface area contributed by atoms with Crippen molar-refractivity contribution in [2.75, 3.05) is 32.9 Å². The summed E-state index contributed by atoms with van der Waals surface area (Å²) in [6.45, 7) is 3.72. The second kappa shape index (κ2) is 11.1. The number of hydrazone groups is 1. The molecule has 2 N–H and O–H groups in total. The van der Waals surface area contributed by atoms with Gasteiger partial charge in [0.1, 0.15) is 0 Å². The lowest BCUT2D eigenvalue weighted by atomic mass is 10.1. The van der Waals surface area contributed by atoms with Crippen molar-refractivity contribution in [1.82, 2.24) is 9.73 Å². The van der Waals surface area contributed by atoms with E-state index in [-0.39, 0.29) is 23.0 Å². The van der Waals surface area contributed by atoms with E-state index in [2.05, 4.69) is 10.5 Å². The van der Waals surface area contributed by atoms with Gasteiger partial charge >= 0.3 is 0 Å². The number of phenolic OH excluding ortho intramolecular Hbond substituents is 1. The largest absolute Gasteiger partial charge is 0.504 e. The van der Waals surface area contributed by atoms with Crippen molar-refractivity contribution in [3.8, 4) is 11.5 Å². The second-order valence-corrected chi connectivity index (χ2v) is 9.02. The van der Waals surface area contributed by atoms with Gasteiger partial charge in [-0.3, -0.25) is 4.79 Å². The van der Waals surface area contributed by atoms with Gasteiger partial charge in [-0.2, -0.15) is 9.41 Å². The van der Waals surface area contributed by atoms with E-state index in [4.69, 9.17) is 9.47 Å². The molecule has 172 valence electrons. The van der Waals surface area contributed by atoms with Crippen molar-refractivity contribution in [3.05, 3.63) is 53.6 Å². The Morgan fingerprint density at radius 3 is 2.62 bits per heavy atom. The summed E-state index contributed by atoms with van der Waals surface area (Å²) in [6.07, 6.45) is 1.96. The molecule has 1 aliphatic rings. The van der Waals surface area contributed by atoms with Gasteiger partial charge in [0.2, 0.25) is 15.9 Å². The van der Waals surface area contributed by atoms with Crippen LogP contribution in [0.25, 0.3) is 0 Å². The molecule has 0 aromatic heterocycles. The third-order valence-electron chi connectivity index (χ3n) is 4.89. The molecule has 32 heavy (non-hydrogen) atoms. The smallest absolute Gasteiger partial charge is 0.243 e. The molecule has 0 aliphatic carbocycles. The molecule has 0 unspecified atom stereocenters. The maximum atomic E-state index is 12.6. The second-order valence-electron chi connectivity index (χ2n) is 7.08. The van der Waals surface area contributed by atoms with Crippen molar-refractivity contribution >= 4 is 22.1 Å². The van der Waals surface area contributed by atoms with Crippen molar-refractivity contribution in [2.24, 2.45) is 5.10 Å². The van der Waals surface area contributed by atoms with Gasteiger partial charge in [0.05, 0.1) is 30.9 Å². The number of aromatic hydroxyl groups is 1. The SMILES string of the molecule is CCOc1cccc(/C=N/NC(=O)CCc2ccc(S(=O)(=O)N3CCOCC3)cc2)c1O. The molecule has 3 rings (SSSR count). The van der Waals surface area contributed by atoms with E-state index < -0.39 is 10.0 Å². The highest BCUT2D eigenvalue weighted by Crippen LogP contribution is 2.28. The first kappa shape index (κ1) is 23.7. The number of morpholine rings is 1. The Hall–Kier alpha value is -2.95. The number of rotatable bonds is 9. The minimum atomic E-state index is -3.53. The van der Waals surface area contributed by atoms with Gasteiger partial charge in [0.25, 0.3) is 0 Å². The summed E-state index contributed by atoms with van der Waals surface area (Å²) < 4.78 is 37.2. The first-order valence-electron chi connectivity index (χ1n) is 10.4. The fourth-order valence-corrected chi connectivity index (χ4v) is 4.58. The summed E-state index contributed by atoms with van der Waals surface area (Å²) in [4.78, 5) is 12.3. The normalized spacial score (nSPS) is 15.0. The Morgan fingerprint density at radius 1 is 1.22 bits per heavy atom. The highest BCUT2D eigenvalue weighted by atomic mass is 32.2. The quantitative estimate of drug-likeness (QED) is 0.435. The van der Waals surface area contributed by atoms with Crippen LogP contribution in [0.3, 0.4) is 0 Å². The van der Waals surface area contributed by atoms with Gasteiger partial charge in [0.15, 0.2) is 11.5 Å². The van der Waals surface area contributed by atoms with E-state index >= 15 is 0 Å². The molecule has 1 saturated heterocycles. The minimum Gasteiger partial charge on any atom is -0.504 e. The van der Waals surface area contributed by atoms with E-state index in [1.807, 2.05) is 6.92 Å². The maximum absolute atomic E-state index is 12.6. The summed E-state index contributed by atoms with van der Waals surface area (Å²) >= 11 is 0. The molecular formula is C22H27N3O6S. The monoisotopic (exact) mass is 461 g/mol. The third kappa shape index (κ3) is 6.06. The van der Waals surface area contributed by atoms with Gasteiger partial charge in [-0.25, -0.2) is 13.8 Å². The zero-order chi connectivity index (χ0) is 23.0. The lowest BCUT2D eigenvalue weighted by Gasteiger charge is -2.26. The van der Waals surface area contributed by atoms with Gasteiger partial charge in [-0.15, -0.1) is 0 Å². The number of nitrogens with zero attached hydrogens (tertiary/aromatic N) is 2. The van der Waals surface area contributed by atoms with Crippen molar-refractivity contribution in [3.63, 3.8) is 0 Å². The van der Waals surface area contributed by atoms with Crippen LogP contribution in [0.1, 0.15) is 24.5 Å². The van der Waals surface area contributed by atoms with Crippen molar-refractivity contribution < 1.29 is 27.8 Å². The summed E-state index contributed by atoms with van der Waals surface area (Å²) in [6, 6.07) is 11.6. The van der Waals surface area contributed by atoms with E-state index in [1.165, 1.54) is 10.5 Å². The van der Waals surface area contributed by atoms with E-state index in [0.717, 1.165) is 5.56 Å². The predicted molar refractivity (Wildman–Crippen MR) is 119 cm³/mol. The van der Waals surface area contributed by atoms with Gasteiger partial charge < -0.3 is 14.6 Å². The number of carbonyl (C=O) groups excluding carboxylic acids is 1. The predicted octanol–water partition coefficient (Wildman–Crippen LogP) is 1.89. The average Bonchev–Trinajstić information content (AvgIpc) is 2.81. The number of carbonyl (C=O) groups is 1. The van der Waals surface area contributed by atoms with Crippen molar-refractivity contribution in [2.45, 2.75) is 24.7 Å². The lowest BCUT2D eigenvalue weighted by Crippen LogP contribution is -2.40. The molecule has 1 amide bonds. The molecule has 9 nitrogen and oxygen atoms in total. The molecule has 0 radical (unpaired) electrons. The number of para-hydroxylation sites is 1. The summed E-state index contributed by atoms with van der Waals surface area (Å²) in [5.41, 5.74) is 3.69. The van der Waals surface area contributed by atoms with E-state index in [1.54, 1.807) is 42.5 Å². The maximum Gasteiger partial charge on any atom is 0.243 e. The number of nitrogens with one attached hydrogen (secondary N) is 1. The number of hydrogen-bond donors (Lipinski definition) is 2. The molecule has 1 heterocycles. The Morgan fingerprint density at radius 2 is 1.94 bits per heavy atom. The highest BCUT2D eigenvalue weighted by Gasteiger charge is 2.26. The molecule has 0 spiro atoms. The molecule has 1 aliphatic heterocycles. The zero-order valence-corrected chi connectivity index (χ0v) is 18.7. The van der Waals surface area contributed by atoms with Crippen LogP contribution in [0.2, 0.25) is 0 Å². The average molecular weight is 462 g/mol.